The van der Waals surface area contributed by atoms with Crippen molar-refractivity contribution in [2.24, 2.45) is 0 Å². The van der Waals surface area contributed by atoms with Crippen molar-refractivity contribution in [3.05, 3.63) is 23.8 Å². The van der Waals surface area contributed by atoms with Gasteiger partial charge in [0.2, 0.25) is 0 Å². The zero-order chi connectivity index (χ0) is 8.27. The monoisotopic (exact) mass is 174 g/mol. The molecule has 1 rings (SSSR count). The van der Waals surface area contributed by atoms with Gasteiger partial charge in [-0.15, -0.1) is 0 Å². The van der Waals surface area contributed by atoms with Gasteiger partial charge in [-0.2, -0.15) is 0 Å². The van der Waals surface area contributed by atoms with E-state index in [-0.39, 0.29) is 35.3 Å². The van der Waals surface area contributed by atoms with Crippen molar-refractivity contribution in [1.29, 1.82) is 0 Å². The summed E-state index contributed by atoms with van der Waals surface area (Å²) in [5.41, 5.74) is -0.644. The standard InChI is InChI=1S/C6H4N2O3.Na/c9-3-4-5(6(10)11)8-2-1-7-4;/h1-3H,(H,10,11);/q;+1/p-1. The summed E-state index contributed by atoms with van der Waals surface area (Å²) in [5, 5.41) is 10.2. The Hall–Kier alpha value is -0.780. The molecule has 12 heavy (non-hydrogen) atoms. The van der Waals surface area contributed by atoms with Crippen LogP contribution in [0.1, 0.15) is 21.0 Å². The molecule has 0 spiro atoms. The fourth-order valence-corrected chi connectivity index (χ4v) is 0.592. The van der Waals surface area contributed by atoms with Gasteiger partial charge in [0.15, 0.2) is 6.29 Å². The second kappa shape index (κ2) is 4.97. The molecular weight excluding hydrogens is 171 g/mol. The molecule has 0 saturated carbocycles. The van der Waals surface area contributed by atoms with Gasteiger partial charge in [-0.3, -0.25) is 9.78 Å². The molecule has 0 radical (unpaired) electrons. The third kappa shape index (κ3) is 2.37. The Labute approximate surface area is 90.1 Å². The third-order valence-electron chi connectivity index (χ3n) is 1.03. The van der Waals surface area contributed by atoms with Crippen LogP contribution in [-0.2, 0) is 0 Å². The van der Waals surface area contributed by atoms with Gasteiger partial charge in [0.1, 0.15) is 11.4 Å². The van der Waals surface area contributed by atoms with E-state index in [2.05, 4.69) is 9.97 Å². The number of carboxylic acids is 1. The molecule has 6 heteroatoms. The smallest absolute Gasteiger partial charge is 0.543 e. The first kappa shape index (κ1) is 11.2. The van der Waals surface area contributed by atoms with Crippen LogP contribution in [0.15, 0.2) is 12.4 Å². The number of hydrogen-bond donors (Lipinski definition) is 0. The molecule has 0 aliphatic heterocycles. The maximum Gasteiger partial charge on any atom is 1.00 e. The first-order valence-corrected chi connectivity index (χ1v) is 2.73. The quantitative estimate of drug-likeness (QED) is 0.334. The molecule has 0 saturated heterocycles. The third-order valence-corrected chi connectivity index (χ3v) is 1.03. The zero-order valence-electron chi connectivity index (χ0n) is 6.35. The Morgan fingerprint density at radius 2 is 2.00 bits per heavy atom. The second-order valence-electron chi connectivity index (χ2n) is 1.70. The molecule has 0 aliphatic carbocycles. The van der Waals surface area contributed by atoms with Crippen LogP contribution in [0.4, 0.5) is 0 Å². The summed E-state index contributed by atoms with van der Waals surface area (Å²) >= 11 is 0. The average Bonchev–Trinajstić information content (AvgIpc) is 2.04. The van der Waals surface area contributed by atoms with Gasteiger partial charge in [0.25, 0.3) is 0 Å². The van der Waals surface area contributed by atoms with Gasteiger partial charge in [0.05, 0.1) is 5.97 Å². The molecule has 0 amide bonds. The number of hydrogen-bond acceptors (Lipinski definition) is 5. The van der Waals surface area contributed by atoms with Crippen LogP contribution in [0.25, 0.3) is 0 Å². The van der Waals surface area contributed by atoms with Gasteiger partial charge in [-0.1, -0.05) is 0 Å². The summed E-state index contributed by atoms with van der Waals surface area (Å²) in [6.07, 6.45) is 2.73. The van der Waals surface area contributed by atoms with E-state index in [4.69, 9.17) is 0 Å². The van der Waals surface area contributed by atoms with Crippen LogP contribution < -0.4 is 34.7 Å². The SMILES string of the molecule is O=Cc1nccnc1C(=O)[O-].[Na+]. The number of aromatic carboxylic acids is 1. The molecule has 0 aliphatic rings. The molecular formula is C6H3N2NaO3. The summed E-state index contributed by atoms with van der Waals surface area (Å²) in [5.74, 6) is -1.50. The largest absolute Gasteiger partial charge is 1.00 e. The van der Waals surface area contributed by atoms with Crippen molar-refractivity contribution in [1.82, 2.24) is 9.97 Å². The predicted molar refractivity (Wildman–Crippen MR) is 31.7 cm³/mol. The number of nitrogens with zero attached hydrogens (tertiary/aromatic N) is 2. The molecule has 5 nitrogen and oxygen atoms in total. The molecule has 0 bridgehead atoms. The number of carboxylic acid groups (broad SMARTS) is 1. The van der Waals surface area contributed by atoms with Crippen LogP contribution in [-0.4, -0.2) is 22.2 Å². The summed E-state index contributed by atoms with van der Waals surface area (Å²) in [4.78, 5) is 27.2. The Balaban J connectivity index is 0.00000121. The van der Waals surface area contributed by atoms with E-state index >= 15 is 0 Å². The van der Waals surface area contributed by atoms with E-state index in [9.17, 15) is 14.7 Å². The molecule has 0 fully saturated rings. The van der Waals surface area contributed by atoms with Gasteiger partial charge >= 0.3 is 29.6 Å². The predicted octanol–water partition coefficient (Wildman–Crippen LogP) is -4.34. The Morgan fingerprint density at radius 3 is 2.42 bits per heavy atom. The Bertz CT molecular complexity index is 303. The van der Waals surface area contributed by atoms with Gasteiger partial charge < -0.3 is 9.90 Å². The second-order valence-corrected chi connectivity index (χ2v) is 1.70. The van der Waals surface area contributed by atoms with E-state index in [0.29, 0.717) is 6.29 Å². The van der Waals surface area contributed by atoms with E-state index in [1.54, 1.807) is 0 Å². The Kier molecular flexibility index (Phi) is 4.65. The van der Waals surface area contributed by atoms with Crippen LogP contribution in [0.3, 0.4) is 0 Å². The van der Waals surface area contributed by atoms with E-state index in [1.165, 1.54) is 12.4 Å². The average molecular weight is 174 g/mol. The molecule has 0 atom stereocenters. The Morgan fingerprint density at radius 1 is 1.42 bits per heavy atom. The fraction of sp³-hybridized carbons (Fsp3) is 0. The number of aromatic nitrogens is 2. The summed E-state index contributed by atoms with van der Waals surface area (Å²) in [7, 11) is 0. The van der Waals surface area contributed by atoms with Crippen molar-refractivity contribution in [3.8, 4) is 0 Å². The summed E-state index contributed by atoms with van der Waals surface area (Å²) < 4.78 is 0. The molecule has 1 aromatic heterocycles. The van der Waals surface area contributed by atoms with E-state index in [0.717, 1.165) is 0 Å². The molecule has 56 valence electrons. The van der Waals surface area contributed by atoms with Crippen molar-refractivity contribution in [3.63, 3.8) is 0 Å². The van der Waals surface area contributed by atoms with Crippen LogP contribution in [0, 0.1) is 0 Å². The normalized spacial score (nSPS) is 8.33. The van der Waals surface area contributed by atoms with Gasteiger partial charge in [-0.25, -0.2) is 4.98 Å². The van der Waals surface area contributed by atoms with Crippen LogP contribution in [0.5, 0.6) is 0 Å². The van der Waals surface area contributed by atoms with Crippen LogP contribution >= 0.6 is 0 Å². The van der Waals surface area contributed by atoms with Crippen molar-refractivity contribution in [2.45, 2.75) is 0 Å². The number of aldehydes is 1. The maximum absolute atomic E-state index is 10.2. The minimum absolute atomic E-state index is 0. The number of rotatable bonds is 2. The van der Waals surface area contributed by atoms with Crippen molar-refractivity contribution < 1.29 is 44.3 Å². The number of carbonyl (C=O) groups is 2. The van der Waals surface area contributed by atoms with Crippen LogP contribution in [0.2, 0.25) is 0 Å². The topological polar surface area (TPSA) is 83.0 Å². The molecule has 1 aromatic rings. The molecule has 0 unspecified atom stereocenters. The number of carbonyl (C=O) groups excluding carboxylic acids is 2. The minimum Gasteiger partial charge on any atom is -0.543 e. The first-order valence-electron chi connectivity index (χ1n) is 2.73. The maximum atomic E-state index is 10.2. The molecule has 0 N–H and O–H groups in total. The minimum atomic E-state index is -1.50. The molecule has 0 aromatic carbocycles. The summed E-state index contributed by atoms with van der Waals surface area (Å²) in [6.45, 7) is 0. The van der Waals surface area contributed by atoms with Crippen molar-refractivity contribution >= 4 is 12.3 Å². The van der Waals surface area contributed by atoms with Gasteiger partial charge in [-0.05, 0) is 0 Å². The fourth-order valence-electron chi connectivity index (χ4n) is 0.592. The van der Waals surface area contributed by atoms with Gasteiger partial charge in [0, 0.05) is 12.4 Å². The first-order chi connectivity index (χ1) is 5.25. The zero-order valence-corrected chi connectivity index (χ0v) is 8.35. The summed E-state index contributed by atoms with van der Waals surface area (Å²) in [6, 6.07) is 0. The van der Waals surface area contributed by atoms with E-state index in [1.807, 2.05) is 0 Å². The van der Waals surface area contributed by atoms with Crippen molar-refractivity contribution in [2.75, 3.05) is 0 Å². The molecule has 1 heterocycles. The van der Waals surface area contributed by atoms with E-state index < -0.39 is 11.7 Å².